The maximum absolute atomic E-state index is 3.76. The quantitative estimate of drug-likeness (QED) is 0.868. The molecule has 1 N–H and O–H groups in total. The largest absolute Gasteiger partial charge is 0.377 e. The average Bonchev–Trinajstić information content (AvgIpc) is 3.24. The summed E-state index contributed by atoms with van der Waals surface area (Å²) in [5, 5.41) is 3.76. The van der Waals surface area contributed by atoms with Gasteiger partial charge in [-0.3, -0.25) is 0 Å². The first-order valence-corrected chi connectivity index (χ1v) is 8.39. The number of benzene rings is 1. The minimum Gasteiger partial charge on any atom is -0.377 e. The van der Waals surface area contributed by atoms with Gasteiger partial charge in [0.2, 0.25) is 0 Å². The molecule has 116 valence electrons. The first-order chi connectivity index (χ1) is 10.1. The second-order valence-electron chi connectivity index (χ2n) is 6.96. The normalized spacial score (nSPS) is 24.2. The molecule has 1 aliphatic carbocycles. The molecule has 1 aromatic rings. The molecule has 3 nitrogen and oxygen atoms in total. The van der Waals surface area contributed by atoms with Crippen molar-refractivity contribution >= 4 is 5.69 Å². The zero-order chi connectivity index (χ0) is 14.8. The monoisotopic (exact) mass is 287 g/mol. The van der Waals surface area contributed by atoms with Crippen molar-refractivity contribution in [2.24, 2.45) is 5.92 Å². The molecule has 21 heavy (non-hydrogen) atoms. The highest BCUT2D eigenvalue weighted by Crippen LogP contribution is 2.32. The molecular formula is C18H29N3. The molecular weight excluding hydrogens is 258 g/mol. The van der Waals surface area contributed by atoms with Crippen LogP contribution in [0.25, 0.3) is 0 Å². The Morgan fingerprint density at radius 1 is 1.24 bits per heavy atom. The molecule has 0 amide bonds. The average molecular weight is 287 g/mol. The van der Waals surface area contributed by atoms with E-state index in [1.54, 1.807) is 0 Å². The second-order valence-corrected chi connectivity index (χ2v) is 6.96. The van der Waals surface area contributed by atoms with Gasteiger partial charge in [0, 0.05) is 38.4 Å². The molecule has 2 aliphatic rings. The molecule has 2 fully saturated rings. The van der Waals surface area contributed by atoms with Gasteiger partial charge in [0.15, 0.2) is 0 Å². The number of anilines is 1. The van der Waals surface area contributed by atoms with Crippen molar-refractivity contribution in [3.05, 3.63) is 29.8 Å². The van der Waals surface area contributed by atoms with E-state index in [1.807, 2.05) is 0 Å². The minimum absolute atomic E-state index is 0.415. The fraction of sp³-hybridized carbons (Fsp3) is 0.667. The van der Waals surface area contributed by atoms with Crippen molar-refractivity contribution in [3.63, 3.8) is 0 Å². The maximum Gasteiger partial charge on any atom is 0.0409 e. The number of hydrogen-bond donors (Lipinski definition) is 1. The lowest BCUT2D eigenvalue weighted by Crippen LogP contribution is -2.29. The van der Waals surface area contributed by atoms with Crippen LogP contribution in [0.3, 0.4) is 0 Å². The first kappa shape index (κ1) is 14.9. The van der Waals surface area contributed by atoms with Crippen LogP contribution in [0.1, 0.15) is 37.8 Å². The highest BCUT2D eigenvalue weighted by atomic mass is 15.2. The van der Waals surface area contributed by atoms with Gasteiger partial charge < -0.3 is 15.1 Å². The summed E-state index contributed by atoms with van der Waals surface area (Å²) in [6.45, 7) is 6.06. The smallest absolute Gasteiger partial charge is 0.0409 e. The highest BCUT2D eigenvalue weighted by Gasteiger charge is 2.34. The molecule has 0 unspecified atom stereocenters. The lowest BCUT2D eigenvalue weighted by Gasteiger charge is -2.23. The van der Waals surface area contributed by atoms with Gasteiger partial charge in [0.05, 0.1) is 0 Å². The van der Waals surface area contributed by atoms with Crippen LogP contribution in [0, 0.1) is 5.92 Å². The third kappa shape index (κ3) is 3.58. The number of para-hydroxylation sites is 1. The van der Waals surface area contributed by atoms with Crippen molar-refractivity contribution in [2.45, 2.75) is 38.3 Å². The molecule has 0 radical (unpaired) electrons. The molecule has 0 bridgehead atoms. The highest BCUT2D eigenvalue weighted by molar-refractivity contribution is 5.53. The predicted octanol–water partition coefficient (Wildman–Crippen LogP) is 2.89. The summed E-state index contributed by atoms with van der Waals surface area (Å²) >= 11 is 0. The zero-order valence-electron chi connectivity index (χ0n) is 13.7. The van der Waals surface area contributed by atoms with Gasteiger partial charge in [-0.25, -0.2) is 0 Å². The zero-order valence-corrected chi connectivity index (χ0v) is 13.7. The van der Waals surface area contributed by atoms with Crippen molar-refractivity contribution in [3.8, 4) is 0 Å². The van der Waals surface area contributed by atoms with Gasteiger partial charge in [-0.2, -0.15) is 0 Å². The van der Waals surface area contributed by atoms with E-state index in [2.05, 4.69) is 60.4 Å². The van der Waals surface area contributed by atoms with Crippen molar-refractivity contribution < 1.29 is 0 Å². The van der Waals surface area contributed by atoms with Crippen LogP contribution < -0.4 is 10.2 Å². The molecule has 1 heterocycles. The molecule has 0 spiro atoms. The van der Waals surface area contributed by atoms with E-state index in [0.29, 0.717) is 6.04 Å². The van der Waals surface area contributed by atoms with Gasteiger partial charge in [0.25, 0.3) is 0 Å². The van der Waals surface area contributed by atoms with Crippen LogP contribution in [-0.2, 0) is 0 Å². The molecule has 1 aliphatic heterocycles. The lowest BCUT2D eigenvalue weighted by atomic mass is 10.0. The van der Waals surface area contributed by atoms with Crippen LogP contribution in [-0.4, -0.2) is 44.7 Å². The van der Waals surface area contributed by atoms with E-state index < -0.39 is 0 Å². The van der Waals surface area contributed by atoms with Gasteiger partial charge in [0.1, 0.15) is 0 Å². The summed E-state index contributed by atoms with van der Waals surface area (Å²) < 4.78 is 0. The molecule has 1 saturated heterocycles. The molecule has 1 saturated carbocycles. The summed E-state index contributed by atoms with van der Waals surface area (Å²) in [6.07, 6.45) is 4.24. The number of likely N-dealkylation sites (tertiary alicyclic amines) is 1. The summed E-state index contributed by atoms with van der Waals surface area (Å²) in [7, 11) is 4.24. The van der Waals surface area contributed by atoms with E-state index in [1.165, 1.54) is 43.6 Å². The van der Waals surface area contributed by atoms with Crippen LogP contribution in [0.5, 0.6) is 0 Å². The Hall–Kier alpha value is -1.06. The van der Waals surface area contributed by atoms with Crippen LogP contribution in [0.15, 0.2) is 24.3 Å². The van der Waals surface area contributed by atoms with Crippen LogP contribution in [0.4, 0.5) is 5.69 Å². The lowest BCUT2D eigenvalue weighted by molar-refractivity contribution is 0.310. The summed E-state index contributed by atoms with van der Waals surface area (Å²) in [5.74, 6) is 0.833. The predicted molar refractivity (Wildman–Crippen MR) is 89.9 cm³/mol. The topological polar surface area (TPSA) is 18.5 Å². The molecule has 3 heteroatoms. The first-order valence-electron chi connectivity index (χ1n) is 8.39. The van der Waals surface area contributed by atoms with Crippen LogP contribution >= 0.6 is 0 Å². The SMILES string of the molecule is C[C@H](NC[C@@H]1CCN(C2CC2)C1)c1ccccc1N(C)C. The number of hydrogen-bond acceptors (Lipinski definition) is 3. The second kappa shape index (κ2) is 6.37. The Bertz CT molecular complexity index is 467. The Morgan fingerprint density at radius 3 is 2.71 bits per heavy atom. The molecule has 3 rings (SSSR count). The fourth-order valence-electron chi connectivity index (χ4n) is 3.51. The summed E-state index contributed by atoms with van der Waals surface area (Å²) in [5.41, 5.74) is 2.73. The Morgan fingerprint density at radius 2 is 2.00 bits per heavy atom. The number of nitrogens with one attached hydrogen (secondary N) is 1. The fourth-order valence-corrected chi connectivity index (χ4v) is 3.51. The Labute approximate surface area is 129 Å². The van der Waals surface area contributed by atoms with Crippen LogP contribution in [0.2, 0.25) is 0 Å². The van der Waals surface area contributed by atoms with Crippen molar-refractivity contribution in [1.29, 1.82) is 0 Å². The minimum atomic E-state index is 0.415. The van der Waals surface area contributed by atoms with Gasteiger partial charge in [-0.1, -0.05) is 18.2 Å². The molecule has 0 aromatic heterocycles. The van der Waals surface area contributed by atoms with Gasteiger partial charge in [-0.15, -0.1) is 0 Å². The van der Waals surface area contributed by atoms with Gasteiger partial charge >= 0.3 is 0 Å². The van der Waals surface area contributed by atoms with E-state index in [4.69, 9.17) is 0 Å². The van der Waals surface area contributed by atoms with Crippen molar-refractivity contribution in [1.82, 2.24) is 10.2 Å². The molecule has 1 aromatic carbocycles. The summed E-state index contributed by atoms with van der Waals surface area (Å²) in [6, 6.07) is 10.1. The van der Waals surface area contributed by atoms with E-state index in [-0.39, 0.29) is 0 Å². The van der Waals surface area contributed by atoms with E-state index in [0.717, 1.165) is 18.5 Å². The van der Waals surface area contributed by atoms with E-state index in [9.17, 15) is 0 Å². The Kier molecular flexibility index (Phi) is 4.51. The number of rotatable bonds is 6. The van der Waals surface area contributed by atoms with Crippen molar-refractivity contribution in [2.75, 3.05) is 38.6 Å². The standard InChI is InChI=1S/C18H29N3/c1-14(17-6-4-5-7-18(17)20(2)3)19-12-15-10-11-21(13-15)16-8-9-16/h4-7,14-16,19H,8-13H2,1-3H3/t14-,15-/m0/s1. The number of nitrogens with zero attached hydrogens (tertiary/aromatic N) is 2. The maximum atomic E-state index is 3.76. The van der Waals surface area contributed by atoms with E-state index >= 15 is 0 Å². The van der Waals surface area contributed by atoms with Gasteiger partial charge in [-0.05, 0) is 56.8 Å². The molecule has 2 atom stereocenters. The summed E-state index contributed by atoms with van der Waals surface area (Å²) in [4.78, 5) is 4.91. The Balaban J connectivity index is 1.53. The third-order valence-electron chi connectivity index (χ3n) is 4.98. The third-order valence-corrected chi connectivity index (χ3v) is 4.98.